The van der Waals surface area contributed by atoms with E-state index in [2.05, 4.69) is 9.80 Å². The minimum Gasteiger partial charge on any atom is -0.387 e. The Hall–Kier alpha value is -2.21. The summed E-state index contributed by atoms with van der Waals surface area (Å²) in [7, 11) is 0. The Labute approximate surface area is 148 Å². The summed E-state index contributed by atoms with van der Waals surface area (Å²) in [4.78, 5) is 15.8. The summed E-state index contributed by atoms with van der Waals surface area (Å²) >= 11 is 0. The van der Waals surface area contributed by atoms with Crippen LogP contribution in [0.5, 0.6) is 0 Å². The van der Waals surface area contributed by atoms with Gasteiger partial charge in [0.15, 0.2) is 0 Å². The molecule has 1 aliphatic rings. The highest BCUT2D eigenvalue weighted by atomic mass is 16.3. The molecule has 0 aliphatic carbocycles. The van der Waals surface area contributed by atoms with E-state index in [4.69, 9.17) is 5.73 Å². The van der Waals surface area contributed by atoms with Gasteiger partial charge >= 0.3 is 0 Å². The van der Waals surface area contributed by atoms with Crippen LogP contribution in [0.3, 0.4) is 0 Å². The van der Waals surface area contributed by atoms with Gasteiger partial charge in [-0.3, -0.25) is 14.6 Å². The number of hydrogen-bond donors (Lipinski definition) is 2. The van der Waals surface area contributed by atoms with Crippen molar-refractivity contribution in [3.63, 3.8) is 0 Å². The number of hydrogen-bond acceptors (Lipinski definition) is 4. The van der Waals surface area contributed by atoms with Gasteiger partial charge in [0.1, 0.15) is 0 Å². The fourth-order valence-corrected chi connectivity index (χ4v) is 3.19. The van der Waals surface area contributed by atoms with Crippen LogP contribution in [0.4, 0.5) is 0 Å². The largest absolute Gasteiger partial charge is 0.387 e. The van der Waals surface area contributed by atoms with Crippen molar-refractivity contribution >= 4 is 5.91 Å². The van der Waals surface area contributed by atoms with Gasteiger partial charge in [-0.1, -0.05) is 42.5 Å². The number of β-amino-alcohol motifs (C(OH)–C–C–N with tert-alkyl or cyclic N) is 1. The van der Waals surface area contributed by atoms with Crippen molar-refractivity contribution in [3.05, 3.63) is 71.3 Å². The number of carbonyl (C=O) groups excluding carboxylic acids is 1. The average Bonchev–Trinajstić information content (AvgIpc) is 2.64. The molecule has 0 aromatic heterocycles. The summed E-state index contributed by atoms with van der Waals surface area (Å²) in [6.07, 6.45) is -0.436. The third-order valence-corrected chi connectivity index (χ3v) is 4.73. The van der Waals surface area contributed by atoms with Gasteiger partial charge in [0, 0.05) is 44.8 Å². The van der Waals surface area contributed by atoms with Crippen LogP contribution >= 0.6 is 0 Å². The molecule has 2 aromatic rings. The zero-order chi connectivity index (χ0) is 17.6. The lowest BCUT2D eigenvalue weighted by atomic mass is 10.1. The van der Waals surface area contributed by atoms with E-state index in [0.717, 1.165) is 38.3 Å². The van der Waals surface area contributed by atoms with Gasteiger partial charge in [-0.2, -0.15) is 0 Å². The molecule has 5 nitrogen and oxygen atoms in total. The number of piperazine rings is 1. The van der Waals surface area contributed by atoms with Crippen molar-refractivity contribution in [1.82, 2.24) is 9.80 Å². The molecule has 1 aliphatic heterocycles. The molecule has 132 valence electrons. The normalized spacial score (nSPS) is 17.3. The summed E-state index contributed by atoms with van der Waals surface area (Å²) in [6.45, 7) is 5.38. The lowest BCUT2D eigenvalue weighted by Crippen LogP contribution is -2.47. The van der Waals surface area contributed by atoms with E-state index in [1.165, 1.54) is 5.56 Å². The molecule has 0 bridgehead atoms. The van der Waals surface area contributed by atoms with Crippen molar-refractivity contribution in [1.29, 1.82) is 0 Å². The molecule has 1 amide bonds. The average molecular weight is 339 g/mol. The highest BCUT2D eigenvalue weighted by Crippen LogP contribution is 2.16. The van der Waals surface area contributed by atoms with Gasteiger partial charge in [0.05, 0.1) is 6.10 Å². The first-order chi connectivity index (χ1) is 12.1. The third-order valence-electron chi connectivity index (χ3n) is 4.73. The van der Waals surface area contributed by atoms with Crippen LogP contribution in [-0.4, -0.2) is 53.5 Å². The standard InChI is InChI=1S/C20H25N3O2/c21-20(25)18-8-6-16(7-9-18)14-22-10-12-23(13-11-22)15-19(24)17-4-2-1-3-5-17/h1-9,19,24H,10-15H2,(H2,21,25). The van der Waals surface area contributed by atoms with E-state index in [1.54, 1.807) is 12.1 Å². The van der Waals surface area contributed by atoms with Gasteiger partial charge in [-0.05, 0) is 23.3 Å². The highest BCUT2D eigenvalue weighted by Gasteiger charge is 2.20. The number of nitrogens with two attached hydrogens (primary N) is 1. The maximum atomic E-state index is 11.1. The molecule has 1 unspecified atom stereocenters. The molecular weight excluding hydrogens is 314 g/mol. The number of rotatable bonds is 6. The van der Waals surface area contributed by atoms with E-state index >= 15 is 0 Å². The molecule has 3 rings (SSSR count). The first-order valence-electron chi connectivity index (χ1n) is 8.68. The van der Waals surface area contributed by atoms with Crippen molar-refractivity contribution in [2.45, 2.75) is 12.6 Å². The number of primary amides is 1. The monoisotopic (exact) mass is 339 g/mol. The number of aliphatic hydroxyl groups is 1. The second kappa shape index (κ2) is 8.25. The van der Waals surface area contributed by atoms with Crippen LogP contribution in [0.25, 0.3) is 0 Å². The second-order valence-electron chi connectivity index (χ2n) is 6.56. The molecule has 1 heterocycles. The zero-order valence-electron chi connectivity index (χ0n) is 14.3. The summed E-state index contributed by atoms with van der Waals surface area (Å²) in [6, 6.07) is 17.3. The number of carbonyl (C=O) groups is 1. The number of amides is 1. The molecule has 25 heavy (non-hydrogen) atoms. The molecular formula is C20H25N3O2. The van der Waals surface area contributed by atoms with Crippen molar-refractivity contribution in [2.75, 3.05) is 32.7 Å². The Kier molecular flexibility index (Phi) is 5.81. The van der Waals surface area contributed by atoms with Gasteiger partial charge < -0.3 is 10.8 Å². The smallest absolute Gasteiger partial charge is 0.248 e. The van der Waals surface area contributed by atoms with Gasteiger partial charge in [0.25, 0.3) is 0 Å². The summed E-state index contributed by atoms with van der Waals surface area (Å²) in [5.41, 5.74) is 7.97. The molecule has 5 heteroatoms. The molecule has 1 atom stereocenters. The summed E-state index contributed by atoms with van der Waals surface area (Å²) in [5.74, 6) is -0.392. The Morgan fingerprint density at radius 3 is 2.16 bits per heavy atom. The topological polar surface area (TPSA) is 69.8 Å². The molecule has 0 radical (unpaired) electrons. The minimum atomic E-state index is -0.436. The van der Waals surface area contributed by atoms with E-state index in [9.17, 15) is 9.90 Å². The fourth-order valence-electron chi connectivity index (χ4n) is 3.19. The molecule has 0 saturated carbocycles. The fraction of sp³-hybridized carbons (Fsp3) is 0.350. The molecule has 1 fully saturated rings. The summed E-state index contributed by atoms with van der Waals surface area (Å²) in [5, 5.41) is 10.4. The van der Waals surface area contributed by atoms with Crippen molar-refractivity contribution in [2.24, 2.45) is 5.73 Å². The highest BCUT2D eigenvalue weighted by molar-refractivity contribution is 5.92. The third kappa shape index (κ3) is 4.89. The lowest BCUT2D eigenvalue weighted by molar-refractivity contribution is 0.0701. The van der Waals surface area contributed by atoms with E-state index < -0.39 is 12.0 Å². The van der Waals surface area contributed by atoms with E-state index in [1.807, 2.05) is 42.5 Å². The maximum absolute atomic E-state index is 11.1. The first kappa shape index (κ1) is 17.6. The molecule has 1 saturated heterocycles. The SMILES string of the molecule is NC(=O)c1ccc(CN2CCN(CC(O)c3ccccc3)CC2)cc1. The van der Waals surface area contributed by atoms with Gasteiger partial charge in [-0.25, -0.2) is 0 Å². The van der Waals surface area contributed by atoms with Crippen LogP contribution in [0.15, 0.2) is 54.6 Å². The van der Waals surface area contributed by atoms with Gasteiger partial charge in [0.2, 0.25) is 5.91 Å². The lowest BCUT2D eigenvalue weighted by Gasteiger charge is -2.35. The van der Waals surface area contributed by atoms with Crippen LogP contribution < -0.4 is 5.73 Å². The van der Waals surface area contributed by atoms with Crippen LogP contribution in [0.1, 0.15) is 27.6 Å². The summed E-state index contributed by atoms with van der Waals surface area (Å²) < 4.78 is 0. The first-order valence-corrected chi connectivity index (χ1v) is 8.68. The zero-order valence-corrected chi connectivity index (χ0v) is 14.3. The Morgan fingerprint density at radius 1 is 0.960 bits per heavy atom. The second-order valence-corrected chi connectivity index (χ2v) is 6.56. The predicted octanol–water partition coefficient (Wildman–Crippen LogP) is 1.64. The Morgan fingerprint density at radius 2 is 1.56 bits per heavy atom. The van der Waals surface area contributed by atoms with Crippen LogP contribution in [0, 0.1) is 0 Å². The minimum absolute atomic E-state index is 0.392. The quantitative estimate of drug-likeness (QED) is 0.839. The predicted molar refractivity (Wildman–Crippen MR) is 98.1 cm³/mol. The van der Waals surface area contributed by atoms with E-state index in [-0.39, 0.29) is 0 Å². The number of aliphatic hydroxyl groups excluding tert-OH is 1. The molecule has 0 spiro atoms. The Balaban J connectivity index is 1.46. The van der Waals surface area contributed by atoms with Gasteiger partial charge in [-0.15, -0.1) is 0 Å². The molecule has 2 aromatic carbocycles. The molecule has 3 N–H and O–H groups in total. The van der Waals surface area contributed by atoms with Crippen molar-refractivity contribution in [3.8, 4) is 0 Å². The van der Waals surface area contributed by atoms with Crippen LogP contribution in [-0.2, 0) is 6.54 Å². The van der Waals surface area contributed by atoms with Crippen molar-refractivity contribution < 1.29 is 9.90 Å². The number of nitrogens with zero attached hydrogens (tertiary/aromatic N) is 2. The number of benzene rings is 2. The maximum Gasteiger partial charge on any atom is 0.248 e. The van der Waals surface area contributed by atoms with E-state index in [0.29, 0.717) is 12.1 Å². The van der Waals surface area contributed by atoms with Crippen LogP contribution in [0.2, 0.25) is 0 Å². The Bertz CT molecular complexity index is 680.